The van der Waals surface area contributed by atoms with Crippen LogP contribution in [-0.4, -0.2) is 93.1 Å². The van der Waals surface area contributed by atoms with E-state index in [0.29, 0.717) is 83.6 Å². The van der Waals surface area contributed by atoms with Crippen molar-refractivity contribution in [3.63, 3.8) is 0 Å². The number of carbonyl (C=O) groups excluding carboxylic acids is 4. The second-order valence-electron chi connectivity index (χ2n) is 16.5. The highest BCUT2D eigenvalue weighted by molar-refractivity contribution is 6.32. The Balaban J connectivity index is 1.04. The number of methoxy groups -OCH3 is 2. The fourth-order valence-electron chi connectivity index (χ4n) is 9.11. The van der Waals surface area contributed by atoms with Crippen LogP contribution >= 0.6 is 23.2 Å². The second kappa shape index (κ2) is 17.7. The standard InChI is InChI=1S/C44H52Cl2N8O8/c1-7-21(3)33(49-43(57)59-5)41(55)53-13-9-11-27(53)39-47-35(37(45)51-39)23-15-25-19-62-30-18-24(16-26-20-61-29(17-23)31(25)32(26)30)36-38(46)52-40(48-36)28-12-10-14-54(28)42(56)34(22(4)8-2)50-44(58)60-6/h15-18,21-22,27-28,33-34H,7-14,19-20H2,1-6H3,(H,47,51)(H,48,52)(H,49,57)(H,50,58)/t21-,22-,27-,28-,33-,34?/m0/s1. The van der Waals surface area contributed by atoms with Gasteiger partial charge in [-0.3, -0.25) is 9.59 Å². The van der Waals surface area contributed by atoms with Crippen LogP contribution in [0.25, 0.3) is 33.6 Å². The van der Waals surface area contributed by atoms with Crippen LogP contribution in [0, 0.1) is 11.8 Å². The molecular weight excluding hydrogens is 839 g/mol. The number of halogens is 2. The summed E-state index contributed by atoms with van der Waals surface area (Å²) in [5, 5.41) is 6.15. The first-order valence-electron chi connectivity index (χ1n) is 21.3. The third-order valence-electron chi connectivity index (χ3n) is 12.9. The SMILES string of the molecule is CC[C@H](C)C(NC(=O)OC)C(=O)N1CCC[C@H]1c1nc(-c2cc3c4c(c2)OCc2cc(-c5nc([C@@H]6CCCN6C(=O)[C@@H](NC(=O)OC)[C@@H](C)CC)[nH]c5Cl)cc(c2-4)OC3)c(Cl)[nH]1. The number of H-pyrrole nitrogens is 2. The second-order valence-corrected chi connectivity index (χ2v) is 17.3. The summed E-state index contributed by atoms with van der Waals surface area (Å²) >= 11 is 13.7. The minimum atomic E-state index is -0.742. The maximum absolute atomic E-state index is 13.9. The van der Waals surface area contributed by atoms with E-state index in [9.17, 15) is 19.2 Å². The summed E-state index contributed by atoms with van der Waals surface area (Å²) in [4.78, 5) is 72.1. The quantitative estimate of drug-likeness (QED) is 0.108. The average Bonchev–Trinajstić information content (AvgIpc) is 4.12. The zero-order valence-corrected chi connectivity index (χ0v) is 37.2. The number of hydrogen-bond acceptors (Lipinski definition) is 10. The van der Waals surface area contributed by atoms with Crippen molar-refractivity contribution in [1.29, 1.82) is 0 Å². The molecule has 4 aliphatic heterocycles. The van der Waals surface area contributed by atoms with Crippen molar-refractivity contribution in [3.05, 3.63) is 57.3 Å². The van der Waals surface area contributed by atoms with Crippen molar-refractivity contribution >= 4 is 47.2 Å². The van der Waals surface area contributed by atoms with Crippen LogP contribution < -0.4 is 20.1 Å². The van der Waals surface area contributed by atoms with E-state index in [1.165, 1.54) is 14.2 Å². The summed E-state index contributed by atoms with van der Waals surface area (Å²) in [5.41, 5.74) is 6.23. The third kappa shape index (κ3) is 7.91. The van der Waals surface area contributed by atoms with Crippen LogP contribution in [-0.2, 0) is 32.3 Å². The molecular formula is C44H52Cl2N8O8. The van der Waals surface area contributed by atoms with Gasteiger partial charge in [-0.2, -0.15) is 0 Å². The first-order chi connectivity index (χ1) is 29.8. The minimum Gasteiger partial charge on any atom is -0.488 e. The number of carbonyl (C=O) groups is 4. The van der Waals surface area contributed by atoms with Gasteiger partial charge in [0, 0.05) is 46.5 Å². The molecule has 6 atom stereocenters. The number of imidazole rings is 2. The average molecular weight is 892 g/mol. The van der Waals surface area contributed by atoms with Crippen LogP contribution in [0.1, 0.15) is 101 Å². The molecule has 0 radical (unpaired) electrons. The molecule has 16 nitrogen and oxygen atoms in total. The Morgan fingerprint density at radius 1 is 0.726 bits per heavy atom. The first kappa shape index (κ1) is 43.2. The van der Waals surface area contributed by atoms with Crippen LogP contribution in [0.15, 0.2) is 24.3 Å². The van der Waals surface area contributed by atoms with Gasteiger partial charge in [-0.05, 0) is 61.8 Å². The van der Waals surface area contributed by atoms with Crippen LogP contribution in [0.2, 0.25) is 10.3 Å². The first-order valence-corrected chi connectivity index (χ1v) is 22.0. The highest BCUT2D eigenvalue weighted by Crippen LogP contribution is 2.51. The lowest BCUT2D eigenvalue weighted by Crippen LogP contribution is -2.51. The van der Waals surface area contributed by atoms with Gasteiger partial charge in [0.2, 0.25) is 11.8 Å². The smallest absolute Gasteiger partial charge is 0.407 e. The molecule has 8 rings (SSSR count). The zero-order valence-electron chi connectivity index (χ0n) is 35.7. The molecule has 2 aromatic carbocycles. The molecule has 4 aromatic rings. The number of amides is 4. The molecule has 1 unspecified atom stereocenters. The lowest BCUT2D eigenvalue weighted by Gasteiger charge is -2.31. The Labute approximate surface area is 369 Å². The molecule has 2 aromatic heterocycles. The number of nitrogens with one attached hydrogen (secondary N) is 4. The van der Waals surface area contributed by atoms with E-state index in [0.717, 1.165) is 46.2 Å². The molecule has 4 aliphatic rings. The van der Waals surface area contributed by atoms with E-state index < -0.39 is 24.3 Å². The largest absolute Gasteiger partial charge is 0.488 e. The summed E-state index contributed by atoms with van der Waals surface area (Å²) in [7, 11) is 2.56. The maximum Gasteiger partial charge on any atom is 0.407 e. The fraction of sp³-hybridized carbons (Fsp3) is 0.500. The van der Waals surface area contributed by atoms with Crippen LogP contribution in [0.4, 0.5) is 9.59 Å². The van der Waals surface area contributed by atoms with Crippen LogP contribution in [0.3, 0.4) is 0 Å². The van der Waals surface area contributed by atoms with E-state index in [2.05, 4.69) is 20.6 Å². The van der Waals surface area contributed by atoms with Gasteiger partial charge < -0.3 is 49.3 Å². The van der Waals surface area contributed by atoms with Gasteiger partial charge in [-0.25, -0.2) is 19.6 Å². The molecule has 62 heavy (non-hydrogen) atoms. The molecule has 18 heteroatoms. The zero-order chi connectivity index (χ0) is 44.0. The number of benzene rings is 2. The minimum absolute atomic E-state index is 0.110. The summed E-state index contributed by atoms with van der Waals surface area (Å²) < 4.78 is 22.5. The summed E-state index contributed by atoms with van der Waals surface area (Å²) in [6, 6.07) is 5.70. The Kier molecular flexibility index (Phi) is 12.3. The Hall–Kier alpha value is -5.48. The number of alkyl carbamates (subject to hydrolysis) is 2. The van der Waals surface area contributed by atoms with Crippen molar-refractivity contribution in [3.8, 4) is 45.1 Å². The van der Waals surface area contributed by atoms with Crippen molar-refractivity contribution in [2.75, 3.05) is 27.3 Å². The van der Waals surface area contributed by atoms with Gasteiger partial charge in [-0.1, -0.05) is 63.7 Å². The van der Waals surface area contributed by atoms with Gasteiger partial charge in [0.15, 0.2) is 0 Å². The summed E-state index contributed by atoms with van der Waals surface area (Å²) in [6.45, 7) is 9.38. The lowest BCUT2D eigenvalue weighted by atomic mass is 9.87. The molecule has 330 valence electrons. The van der Waals surface area contributed by atoms with Gasteiger partial charge >= 0.3 is 12.2 Å². The predicted molar refractivity (Wildman–Crippen MR) is 231 cm³/mol. The van der Waals surface area contributed by atoms with Gasteiger partial charge in [0.25, 0.3) is 0 Å². The van der Waals surface area contributed by atoms with E-state index >= 15 is 0 Å². The summed E-state index contributed by atoms with van der Waals surface area (Å²) in [5.74, 6) is 1.89. The third-order valence-corrected chi connectivity index (χ3v) is 13.4. The topological polar surface area (TPSA) is 193 Å². The monoisotopic (exact) mass is 890 g/mol. The molecule has 0 saturated carbocycles. The number of nitrogens with zero attached hydrogens (tertiary/aromatic N) is 4. The van der Waals surface area contributed by atoms with Gasteiger partial charge in [0.1, 0.15) is 70.1 Å². The predicted octanol–water partition coefficient (Wildman–Crippen LogP) is 8.09. The van der Waals surface area contributed by atoms with Crippen molar-refractivity contribution in [1.82, 2.24) is 40.4 Å². The molecule has 4 N–H and O–H groups in total. The number of hydrogen-bond donors (Lipinski definition) is 4. The van der Waals surface area contributed by atoms with Crippen LogP contribution in [0.5, 0.6) is 11.5 Å². The van der Waals surface area contributed by atoms with E-state index in [4.69, 9.17) is 52.1 Å². The van der Waals surface area contributed by atoms with Gasteiger partial charge in [-0.15, -0.1) is 0 Å². The number of aromatic amines is 2. The van der Waals surface area contributed by atoms with E-state index in [1.54, 1.807) is 9.80 Å². The van der Waals surface area contributed by atoms with Crippen molar-refractivity contribution in [2.24, 2.45) is 11.8 Å². The molecule has 0 aliphatic carbocycles. The van der Waals surface area contributed by atoms with Crippen molar-refractivity contribution < 1.29 is 38.1 Å². The van der Waals surface area contributed by atoms with Crippen molar-refractivity contribution in [2.45, 2.75) is 104 Å². The lowest BCUT2D eigenvalue weighted by molar-refractivity contribution is -0.136. The Bertz CT molecular complexity index is 2190. The van der Waals surface area contributed by atoms with E-state index in [-0.39, 0.29) is 48.9 Å². The van der Waals surface area contributed by atoms with Gasteiger partial charge in [0.05, 0.1) is 26.3 Å². The molecule has 6 heterocycles. The molecule has 0 bridgehead atoms. The highest BCUT2D eigenvalue weighted by Gasteiger charge is 2.41. The number of ether oxygens (including phenoxy) is 4. The molecule has 0 spiro atoms. The number of aromatic nitrogens is 4. The number of likely N-dealkylation sites (tertiary alicyclic amines) is 2. The molecule has 2 fully saturated rings. The fourth-order valence-corrected chi connectivity index (χ4v) is 9.61. The molecule has 4 amide bonds. The Morgan fingerprint density at radius 3 is 1.50 bits per heavy atom. The normalized spacial score (nSPS) is 19.4. The van der Waals surface area contributed by atoms with E-state index in [1.807, 2.05) is 52.0 Å². The number of rotatable bonds is 12. The Morgan fingerprint density at radius 2 is 1.13 bits per heavy atom. The molecule has 2 saturated heterocycles. The highest BCUT2D eigenvalue weighted by atomic mass is 35.5. The maximum atomic E-state index is 13.9. The summed E-state index contributed by atoms with van der Waals surface area (Å²) in [6.07, 6.45) is 3.01.